The second kappa shape index (κ2) is 15.1. The maximum absolute atomic E-state index is 2.77. The summed E-state index contributed by atoms with van der Waals surface area (Å²) in [6, 6.07) is 36.8. The summed E-state index contributed by atoms with van der Waals surface area (Å²) in [7, 11) is 0. The molecule has 0 nitrogen and oxygen atoms in total. The molecule has 0 aliphatic heterocycles. The van der Waals surface area contributed by atoms with Gasteiger partial charge in [-0.25, -0.2) is 0 Å². The Labute approximate surface area is 350 Å². The highest BCUT2D eigenvalue weighted by atomic mass is 14.5. The predicted octanol–water partition coefficient (Wildman–Crippen LogP) is 17.5. The van der Waals surface area contributed by atoms with Crippen molar-refractivity contribution in [2.75, 3.05) is 0 Å². The van der Waals surface area contributed by atoms with Gasteiger partial charge in [-0.05, 0) is 137 Å². The summed E-state index contributed by atoms with van der Waals surface area (Å²) in [5.41, 5.74) is 19.6. The van der Waals surface area contributed by atoms with Gasteiger partial charge in [-0.1, -0.05) is 199 Å². The van der Waals surface area contributed by atoms with Crippen molar-refractivity contribution >= 4 is 21.5 Å². The average molecular weight is 765 g/mol. The second-order valence-electron chi connectivity index (χ2n) is 20.1. The molecule has 0 amide bonds. The van der Waals surface area contributed by atoms with E-state index in [4.69, 9.17) is 0 Å². The minimum Gasteiger partial charge on any atom is -0.0654 e. The summed E-state index contributed by atoms with van der Waals surface area (Å²) >= 11 is 0. The highest BCUT2D eigenvalue weighted by Crippen LogP contribution is 2.63. The lowest BCUT2D eigenvalue weighted by molar-refractivity contribution is 0.398. The normalized spacial score (nSPS) is 16.1. The van der Waals surface area contributed by atoms with Crippen molar-refractivity contribution in [3.05, 3.63) is 130 Å². The van der Waals surface area contributed by atoms with Crippen molar-refractivity contribution in [3.8, 4) is 33.4 Å². The molecule has 0 bridgehead atoms. The van der Waals surface area contributed by atoms with Gasteiger partial charge in [-0.2, -0.15) is 0 Å². The fourth-order valence-corrected chi connectivity index (χ4v) is 12.1. The number of rotatable bonds is 15. The van der Waals surface area contributed by atoms with Crippen LogP contribution < -0.4 is 0 Å². The largest absolute Gasteiger partial charge is 0.0654 e. The lowest BCUT2D eigenvalue weighted by atomic mass is 9.69. The molecule has 0 heterocycles. The summed E-state index contributed by atoms with van der Waals surface area (Å²) < 4.78 is 0. The molecule has 58 heavy (non-hydrogen) atoms. The van der Waals surface area contributed by atoms with E-state index < -0.39 is 0 Å². The molecule has 300 valence electrons. The summed E-state index contributed by atoms with van der Waals surface area (Å²) in [6.07, 6.45) is 18.5. The smallest absolute Gasteiger partial charge is 0.0215 e. The number of benzene rings is 6. The number of hydrogen-bond acceptors (Lipinski definition) is 0. The molecule has 0 aromatic heterocycles. The van der Waals surface area contributed by atoms with Crippen LogP contribution in [-0.2, 0) is 16.2 Å². The monoisotopic (exact) mass is 765 g/mol. The zero-order valence-corrected chi connectivity index (χ0v) is 37.1. The number of hydrogen-bond donors (Lipinski definition) is 0. The van der Waals surface area contributed by atoms with Crippen LogP contribution in [0.15, 0.2) is 91.0 Å². The van der Waals surface area contributed by atoms with Crippen LogP contribution in [-0.4, -0.2) is 0 Å². The van der Waals surface area contributed by atoms with Crippen molar-refractivity contribution in [1.29, 1.82) is 0 Å². The van der Waals surface area contributed by atoms with E-state index in [9.17, 15) is 0 Å². The van der Waals surface area contributed by atoms with Gasteiger partial charge in [-0.15, -0.1) is 0 Å². The van der Waals surface area contributed by atoms with Gasteiger partial charge in [0.2, 0.25) is 0 Å². The number of fused-ring (bicyclic) bond motifs is 13. The summed E-state index contributed by atoms with van der Waals surface area (Å²) in [5.74, 6) is 0.473. The van der Waals surface area contributed by atoms with Crippen LogP contribution >= 0.6 is 0 Å². The topological polar surface area (TPSA) is 0 Å². The molecule has 0 saturated carbocycles. The molecule has 0 saturated heterocycles. The Bertz CT molecular complexity index is 2500. The first-order valence-corrected chi connectivity index (χ1v) is 23.5. The van der Waals surface area contributed by atoms with Crippen molar-refractivity contribution in [1.82, 2.24) is 0 Å². The highest BCUT2D eigenvalue weighted by Gasteiger charge is 2.48. The molecule has 0 unspecified atom stereocenters. The van der Waals surface area contributed by atoms with Crippen LogP contribution in [0, 0.1) is 0 Å². The van der Waals surface area contributed by atoms with Crippen molar-refractivity contribution in [2.24, 2.45) is 0 Å². The van der Waals surface area contributed by atoms with Gasteiger partial charge >= 0.3 is 0 Å². The summed E-state index contributed by atoms with van der Waals surface area (Å²) in [4.78, 5) is 0. The quantitative estimate of drug-likeness (QED) is 0.0914. The minimum atomic E-state index is -0.0809. The van der Waals surface area contributed by atoms with Crippen molar-refractivity contribution < 1.29 is 0 Å². The van der Waals surface area contributed by atoms with Crippen LogP contribution in [0.5, 0.6) is 0 Å². The zero-order chi connectivity index (χ0) is 40.4. The molecule has 0 atom stereocenters. The third kappa shape index (κ3) is 6.05. The second-order valence-corrected chi connectivity index (χ2v) is 20.1. The van der Waals surface area contributed by atoms with Crippen LogP contribution in [0.4, 0.5) is 0 Å². The third-order valence-electron chi connectivity index (χ3n) is 15.4. The van der Waals surface area contributed by atoms with E-state index in [-0.39, 0.29) is 16.2 Å². The lowest BCUT2D eigenvalue weighted by Gasteiger charge is -2.34. The molecule has 6 aromatic rings. The first-order chi connectivity index (χ1) is 28.0. The highest BCUT2D eigenvalue weighted by molar-refractivity contribution is 6.06. The lowest BCUT2D eigenvalue weighted by Crippen LogP contribution is -2.26. The van der Waals surface area contributed by atoms with Gasteiger partial charge in [0.1, 0.15) is 0 Å². The van der Waals surface area contributed by atoms with Crippen LogP contribution in [0.3, 0.4) is 0 Å². The fraction of sp³-hybridized carbons (Fsp3) is 0.448. The van der Waals surface area contributed by atoms with Gasteiger partial charge in [-0.3, -0.25) is 0 Å². The van der Waals surface area contributed by atoms with Crippen molar-refractivity contribution in [3.63, 3.8) is 0 Å². The molecule has 0 fully saturated rings. The van der Waals surface area contributed by atoms with E-state index in [1.54, 1.807) is 11.1 Å². The maximum atomic E-state index is 2.77. The Morgan fingerprint density at radius 1 is 0.414 bits per heavy atom. The Hall–Kier alpha value is -4.16. The molecule has 0 N–H and O–H groups in total. The van der Waals surface area contributed by atoms with E-state index in [1.165, 1.54) is 173 Å². The van der Waals surface area contributed by atoms with Gasteiger partial charge in [0.15, 0.2) is 0 Å². The third-order valence-corrected chi connectivity index (χ3v) is 15.4. The maximum Gasteiger partial charge on any atom is 0.0215 e. The van der Waals surface area contributed by atoms with E-state index >= 15 is 0 Å². The van der Waals surface area contributed by atoms with Gasteiger partial charge in [0, 0.05) is 16.2 Å². The molecule has 0 radical (unpaired) electrons. The minimum absolute atomic E-state index is 0.00227. The van der Waals surface area contributed by atoms with Gasteiger partial charge in [0.25, 0.3) is 0 Å². The van der Waals surface area contributed by atoms with Gasteiger partial charge < -0.3 is 0 Å². The number of unbranched alkanes of at least 4 members (excludes halogenated alkanes) is 10. The Morgan fingerprint density at radius 2 is 0.879 bits per heavy atom. The van der Waals surface area contributed by atoms with E-state index in [0.29, 0.717) is 5.92 Å². The zero-order valence-electron chi connectivity index (χ0n) is 37.1. The van der Waals surface area contributed by atoms with E-state index in [1.807, 2.05) is 0 Å². The van der Waals surface area contributed by atoms with E-state index in [0.717, 1.165) is 0 Å². The Morgan fingerprint density at radius 3 is 1.45 bits per heavy atom. The molecule has 3 aliphatic carbocycles. The molecule has 3 aliphatic rings. The predicted molar refractivity (Wildman–Crippen MR) is 253 cm³/mol. The van der Waals surface area contributed by atoms with Crippen LogP contribution in [0.2, 0.25) is 0 Å². The Kier molecular flexibility index (Phi) is 10.3. The first kappa shape index (κ1) is 39.3. The van der Waals surface area contributed by atoms with Crippen LogP contribution in [0.1, 0.15) is 190 Å². The molecular formula is C58H68. The summed E-state index contributed by atoms with van der Waals surface area (Å²) in [5, 5.41) is 5.63. The summed E-state index contributed by atoms with van der Waals surface area (Å²) in [6.45, 7) is 19.4. The van der Waals surface area contributed by atoms with Crippen LogP contribution in [0.25, 0.3) is 54.9 Å². The SMILES string of the molecule is CCCCCCCCC1(CCCCCCCC)c2cc3c(cc2-c2cc4c(cc21)-c1c(cc(C(C)C)c2ccccc12)C4(C)C)C(C)(C)c1ccc2ccccc2c1-3. The fourth-order valence-electron chi connectivity index (χ4n) is 12.1. The van der Waals surface area contributed by atoms with E-state index in [2.05, 4.69) is 146 Å². The Balaban J connectivity index is 1.28. The standard InChI is InChI=1S/C58H68/c1-9-11-13-15-17-23-31-58(32-24-18-16-14-12-10-2)51-36-46-49(56(5,6)48-30-29-39-25-19-20-26-40(39)54(46)48)34-44(51)45-35-50-47(37-52(45)58)55-42-28-22-21-27-41(42)43(38(3)4)33-53(55)57(50,7)8/h19-22,25-30,33-38H,9-18,23-24,31-32H2,1-8H3. The molecule has 0 heteroatoms. The average Bonchev–Trinajstić information content (AvgIpc) is 3.72. The molecule has 9 rings (SSSR count). The van der Waals surface area contributed by atoms with Gasteiger partial charge in [0.05, 0.1) is 0 Å². The first-order valence-electron chi connectivity index (χ1n) is 23.5. The molecule has 0 spiro atoms. The molecular weight excluding hydrogens is 697 g/mol. The van der Waals surface area contributed by atoms with Crippen molar-refractivity contribution in [2.45, 2.75) is 167 Å². The molecule has 6 aromatic carbocycles.